The van der Waals surface area contributed by atoms with Crippen molar-refractivity contribution in [2.45, 2.75) is 6.04 Å². The minimum absolute atomic E-state index is 0.0842. The highest BCUT2D eigenvalue weighted by molar-refractivity contribution is 7.08. The second kappa shape index (κ2) is 5.91. The molecule has 2 heterocycles. The lowest BCUT2D eigenvalue weighted by atomic mass is 9.97. The maximum absolute atomic E-state index is 13.6. The quantitative estimate of drug-likeness (QED) is 0.913. The number of halogens is 1. The lowest BCUT2D eigenvalue weighted by molar-refractivity contribution is 0.196. The van der Waals surface area contributed by atoms with Crippen molar-refractivity contribution >= 4 is 11.3 Å². The Morgan fingerprint density at radius 1 is 1.25 bits per heavy atom. The Morgan fingerprint density at radius 2 is 2.05 bits per heavy atom. The number of rotatable bonds is 3. The molecule has 1 aliphatic heterocycles. The van der Waals surface area contributed by atoms with Crippen LogP contribution < -0.4 is 5.32 Å². The van der Waals surface area contributed by atoms with Gasteiger partial charge in [-0.15, -0.1) is 0 Å². The van der Waals surface area contributed by atoms with E-state index in [4.69, 9.17) is 0 Å². The summed E-state index contributed by atoms with van der Waals surface area (Å²) in [5, 5.41) is 17.5. The van der Waals surface area contributed by atoms with E-state index in [0.29, 0.717) is 5.56 Å². The molecule has 3 nitrogen and oxygen atoms in total. The first-order chi connectivity index (χ1) is 9.75. The largest absolute Gasteiger partial charge is 0.508 e. The number of phenolic OH excluding ortho intramolecular Hbond substituents is 1. The van der Waals surface area contributed by atoms with Crippen LogP contribution in [0.3, 0.4) is 0 Å². The monoisotopic (exact) mass is 292 g/mol. The van der Waals surface area contributed by atoms with Crippen LogP contribution in [0.4, 0.5) is 4.39 Å². The Hall–Kier alpha value is -1.43. The summed E-state index contributed by atoms with van der Waals surface area (Å²) in [6.45, 7) is 3.60. The van der Waals surface area contributed by atoms with Gasteiger partial charge >= 0.3 is 0 Å². The molecule has 0 bridgehead atoms. The number of piperazine rings is 1. The van der Waals surface area contributed by atoms with Crippen molar-refractivity contribution in [3.8, 4) is 5.75 Å². The summed E-state index contributed by atoms with van der Waals surface area (Å²) in [5.41, 5.74) is 1.75. The molecular weight excluding hydrogens is 275 g/mol. The number of nitrogens with zero attached hydrogens (tertiary/aromatic N) is 1. The van der Waals surface area contributed by atoms with Crippen LogP contribution in [0.15, 0.2) is 35.0 Å². The molecule has 1 aliphatic rings. The summed E-state index contributed by atoms with van der Waals surface area (Å²) >= 11 is 1.62. The zero-order chi connectivity index (χ0) is 13.9. The number of phenols is 1. The summed E-state index contributed by atoms with van der Waals surface area (Å²) < 4.78 is 13.6. The lowest BCUT2D eigenvalue weighted by Crippen LogP contribution is -2.45. The van der Waals surface area contributed by atoms with Crippen molar-refractivity contribution in [2.24, 2.45) is 0 Å². The maximum atomic E-state index is 13.6. The number of aromatic hydroxyl groups is 1. The van der Waals surface area contributed by atoms with Gasteiger partial charge in [-0.1, -0.05) is 0 Å². The fourth-order valence-corrected chi connectivity index (χ4v) is 3.38. The van der Waals surface area contributed by atoms with E-state index >= 15 is 0 Å². The summed E-state index contributed by atoms with van der Waals surface area (Å²) in [7, 11) is 0. The van der Waals surface area contributed by atoms with Gasteiger partial charge in [0, 0.05) is 31.7 Å². The number of benzene rings is 1. The third kappa shape index (κ3) is 2.70. The molecule has 1 fully saturated rings. The molecule has 0 aliphatic carbocycles. The number of hydrogen-bond donors (Lipinski definition) is 2. The highest BCUT2D eigenvalue weighted by Crippen LogP contribution is 2.35. The first-order valence-electron chi connectivity index (χ1n) is 6.71. The van der Waals surface area contributed by atoms with Crippen LogP contribution in [-0.4, -0.2) is 36.2 Å². The van der Waals surface area contributed by atoms with Gasteiger partial charge in [0.15, 0.2) is 0 Å². The zero-order valence-corrected chi connectivity index (χ0v) is 11.9. The van der Waals surface area contributed by atoms with Crippen LogP contribution in [0.2, 0.25) is 0 Å². The predicted octanol–water partition coefficient (Wildman–Crippen LogP) is 2.59. The summed E-state index contributed by atoms with van der Waals surface area (Å²) in [4.78, 5) is 2.28. The molecule has 5 heteroatoms. The van der Waals surface area contributed by atoms with Gasteiger partial charge in [0.2, 0.25) is 0 Å². The van der Waals surface area contributed by atoms with Gasteiger partial charge in [-0.05, 0) is 40.6 Å². The van der Waals surface area contributed by atoms with E-state index in [0.717, 1.165) is 31.7 Å². The van der Waals surface area contributed by atoms with Crippen LogP contribution in [0, 0.1) is 5.82 Å². The number of nitrogens with one attached hydrogen (secondary N) is 1. The molecule has 106 valence electrons. The van der Waals surface area contributed by atoms with Gasteiger partial charge in [-0.2, -0.15) is 11.3 Å². The van der Waals surface area contributed by atoms with E-state index in [1.165, 1.54) is 18.2 Å². The lowest BCUT2D eigenvalue weighted by Gasteiger charge is -2.35. The average Bonchev–Trinajstić information content (AvgIpc) is 2.98. The molecule has 20 heavy (non-hydrogen) atoms. The first-order valence-corrected chi connectivity index (χ1v) is 7.65. The Kier molecular flexibility index (Phi) is 4.00. The fourth-order valence-electron chi connectivity index (χ4n) is 2.70. The standard InChI is InChI=1S/C15H17FN2OS/c16-12-1-2-14(19)13(9-12)15(11-3-8-20-10-11)18-6-4-17-5-7-18/h1-3,8-10,15,17,19H,4-7H2/t15-/m1/s1. The molecule has 0 amide bonds. The smallest absolute Gasteiger partial charge is 0.123 e. The number of thiophene rings is 1. The van der Waals surface area contributed by atoms with E-state index in [-0.39, 0.29) is 17.6 Å². The molecule has 0 saturated carbocycles. The van der Waals surface area contributed by atoms with Crippen molar-refractivity contribution in [3.63, 3.8) is 0 Å². The first kappa shape index (κ1) is 13.5. The fraction of sp³-hybridized carbons (Fsp3) is 0.333. The molecule has 3 rings (SSSR count). The van der Waals surface area contributed by atoms with Gasteiger partial charge in [-0.3, -0.25) is 4.90 Å². The molecular formula is C15H17FN2OS. The maximum Gasteiger partial charge on any atom is 0.123 e. The van der Waals surface area contributed by atoms with Crippen LogP contribution in [0.25, 0.3) is 0 Å². The topological polar surface area (TPSA) is 35.5 Å². The third-order valence-corrected chi connectivity index (χ3v) is 4.36. The highest BCUT2D eigenvalue weighted by atomic mass is 32.1. The van der Waals surface area contributed by atoms with Gasteiger partial charge in [0.25, 0.3) is 0 Å². The van der Waals surface area contributed by atoms with E-state index < -0.39 is 0 Å². The Labute approximate surface area is 121 Å². The summed E-state index contributed by atoms with van der Waals surface area (Å²) in [5.74, 6) is -0.158. The summed E-state index contributed by atoms with van der Waals surface area (Å²) in [6.07, 6.45) is 0. The van der Waals surface area contributed by atoms with E-state index in [2.05, 4.69) is 15.6 Å². The van der Waals surface area contributed by atoms with Crippen molar-refractivity contribution in [1.82, 2.24) is 10.2 Å². The molecule has 1 aromatic heterocycles. The van der Waals surface area contributed by atoms with Crippen LogP contribution in [-0.2, 0) is 0 Å². The third-order valence-electron chi connectivity index (χ3n) is 3.66. The van der Waals surface area contributed by atoms with Gasteiger partial charge < -0.3 is 10.4 Å². The van der Waals surface area contributed by atoms with Crippen molar-refractivity contribution < 1.29 is 9.50 Å². The molecule has 1 aromatic carbocycles. The molecule has 0 spiro atoms. The Balaban J connectivity index is 2.02. The predicted molar refractivity (Wildman–Crippen MR) is 78.7 cm³/mol. The van der Waals surface area contributed by atoms with E-state index in [1.54, 1.807) is 11.3 Å². The molecule has 2 N–H and O–H groups in total. The van der Waals surface area contributed by atoms with Gasteiger partial charge in [0.05, 0.1) is 6.04 Å². The minimum Gasteiger partial charge on any atom is -0.508 e. The van der Waals surface area contributed by atoms with Crippen molar-refractivity contribution in [2.75, 3.05) is 26.2 Å². The summed E-state index contributed by atoms with van der Waals surface area (Å²) in [6, 6.07) is 6.13. The van der Waals surface area contributed by atoms with Gasteiger partial charge in [0.1, 0.15) is 11.6 Å². The molecule has 0 unspecified atom stereocenters. The second-order valence-corrected chi connectivity index (χ2v) is 5.73. The van der Waals surface area contributed by atoms with Crippen molar-refractivity contribution in [3.05, 3.63) is 52.0 Å². The Morgan fingerprint density at radius 3 is 2.75 bits per heavy atom. The molecule has 1 saturated heterocycles. The molecule has 0 radical (unpaired) electrons. The van der Waals surface area contributed by atoms with Crippen LogP contribution in [0.5, 0.6) is 5.75 Å². The van der Waals surface area contributed by atoms with Crippen molar-refractivity contribution in [1.29, 1.82) is 0 Å². The highest BCUT2D eigenvalue weighted by Gasteiger charge is 2.26. The average molecular weight is 292 g/mol. The Bertz CT molecular complexity index is 567. The normalized spacial score (nSPS) is 18.1. The number of hydrogen-bond acceptors (Lipinski definition) is 4. The second-order valence-electron chi connectivity index (χ2n) is 4.95. The zero-order valence-electron chi connectivity index (χ0n) is 11.1. The molecule has 1 atom stereocenters. The molecule has 2 aromatic rings. The van der Waals surface area contributed by atoms with E-state index in [1.807, 2.05) is 11.4 Å². The van der Waals surface area contributed by atoms with Crippen LogP contribution >= 0.6 is 11.3 Å². The van der Waals surface area contributed by atoms with Crippen LogP contribution in [0.1, 0.15) is 17.2 Å². The van der Waals surface area contributed by atoms with E-state index in [9.17, 15) is 9.50 Å². The van der Waals surface area contributed by atoms with Gasteiger partial charge in [-0.25, -0.2) is 4.39 Å². The SMILES string of the molecule is Oc1ccc(F)cc1[C@@H](c1ccsc1)N1CCNCC1. The minimum atomic E-state index is -0.312.